The lowest BCUT2D eigenvalue weighted by atomic mass is 10.1. The summed E-state index contributed by atoms with van der Waals surface area (Å²) in [6.45, 7) is 0.812. The number of halogens is 1. The van der Waals surface area contributed by atoms with E-state index < -0.39 is 5.82 Å². The SMILES string of the molecule is NCc1nc(-c2ccc(F)c3c2OCCO3)no1. The molecular weight excluding hydrogens is 241 g/mol. The lowest BCUT2D eigenvalue weighted by molar-refractivity contribution is 0.165. The molecule has 0 radical (unpaired) electrons. The van der Waals surface area contributed by atoms with E-state index in [0.29, 0.717) is 36.2 Å². The topological polar surface area (TPSA) is 83.4 Å². The fourth-order valence-corrected chi connectivity index (χ4v) is 1.73. The first kappa shape index (κ1) is 11.0. The van der Waals surface area contributed by atoms with Crippen molar-refractivity contribution in [2.75, 3.05) is 13.2 Å². The highest BCUT2D eigenvalue weighted by Gasteiger charge is 2.23. The normalized spacial score (nSPS) is 13.7. The Kier molecular flexibility index (Phi) is 2.60. The zero-order valence-corrected chi connectivity index (χ0v) is 9.35. The molecule has 94 valence electrons. The van der Waals surface area contributed by atoms with Gasteiger partial charge in [-0.1, -0.05) is 5.16 Å². The van der Waals surface area contributed by atoms with Gasteiger partial charge in [0.25, 0.3) is 0 Å². The third-order valence-electron chi connectivity index (χ3n) is 2.52. The lowest BCUT2D eigenvalue weighted by Crippen LogP contribution is -2.17. The molecule has 1 aromatic carbocycles. The van der Waals surface area contributed by atoms with Gasteiger partial charge in [0.05, 0.1) is 12.1 Å². The van der Waals surface area contributed by atoms with E-state index in [0.717, 1.165) is 0 Å². The van der Waals surface area contributed by atoms with E-state index in [2.05, 4.69) is 10.1 Å². The van der Waals surface area contributed by atoms with Crippen LogP contribution in [0.3, 0.4) is 0 Å². The van der Waals surface area contributed by atoms with E-state index >= 15 is 0 Å². The third-order valence-corrected chi connectivity index (χ3v) is 2.52. The molecule has 0 fully saturated rings. The predicted molar refractivity (Wildman–Crippen MR) is 58.6 cm³/mol. The first-order valence-corrected chi connectivity index (χ1v) is 5.40. The van der Waals surface area contributed by atoms with Crippen LogP contribution in [0.15, 0.2) is 16.7 Å². The molecule has 0 saturated carbocycles. The van der Waals surface area contributed by atoms with Crippen LogP contribution in [0.2, 0.25) is 0 Å². The van der Waals surface area contributed by atoms with Crippen LogP contribution in [0.25, 0.3) is 11.4 Å². The van der Waals surface area contributed by atoms with E-state index in [9.17, 15) is 4.39 Å². The fraction of sp³-hybridized carbons (Fsp3) is 0.273. The molecule has 0 unspecified atom stereocenters. The molecule has 1 aliphatic heterocycles. The van der Waals surface area contributed by atoms with E-state index in [-0.39, 0.29) is 12.3 Å². The minimum absolute atomic E-state index is 0.0813. The highest BCUT2D eigenvalue weighted by molar-refractivity contribution is 5.69. The lowest BCUT2D eigenvalue weighted by Gasteiger charge is -2.20. The van der Waals surface area contributed by atoms with Gasteiger partial charge in [-0.25, -0.2) is 4.39 Å². The maximum absolute atomic E-state index is 13.5. The molecule has 2 N–H and O–H groups in total. The predicted octanol–water partition coefficient (Wildman–Crippen LogP) is 1.11. The highest BCUT2D eigenvalue weighted by Crippen LogP contribution is 2.40. The number of hydrogen-bond donors (Lipinski definition) is 1. The van der Waals surface area contributed by atoms with Crippen LogP contribution in [0, 0.1) is 5.82 Å². The third kappa shape index (κ3) is 1.68. The molecule has 0 atom stereocenters. The second-order valence-corrected chi connectivity index (χ2v) is 3.67. The zero-order chi connectivity index (χ0) is 12.5. The Morgan fingerprint density at radius 3 is 2.72 bits per heavy atom. The Bertz CT molecular complexity index is 585. The monoisotopic (exact) mass is 251 g/mol. The van der Waals surface area contributed by atoms with E-state index in [1.807, 2.05) is 0 Å². The first-order chi connectivity index (χ1) is 8.79. The first-order valence-electron chi connectivity index (χ1n) is 5.40. The van der Waals surface area contributed by atoms with Crippen LogP contribution in [0.5, 0.6) is 11.5 Å². The van der Waals surface area contributed by atoms with Gasteiger partial charge in [0.2, 0.25) is 11.7 Å². The Morgan fingerprint density at radius 2 is 2.00 bits per heavy atom. The smallest absolute Gasteiger partial charge is 0.240 e. The molecule has 2 aromatic rings. The van der Waals surface area contributed by atoms with Crippen molar-refractivity contribution in [2.24, 2.45) is 5.73 Å². The van der Waals surface area contributed by atoms with Crippen molar-refractivity contribution in [1.29, 1.82) is 0 Å². The number of hydrogen-bond acceptors (Lipinski definition) is 6. The molecule has 7 heteroatoms. The second kappa shape index (κ2) is 4.26. The van der Waals surface area contributed by atoms with Gasteiger partial charge in [-0.15, -0.1) is 0 Å². The van der Waals surface area contributed by atoms with Crippen molar-refractivity contribution in [3.8, 4) is 22.9 Å². The van der Waals surface area contributed by atoms with Crippen LogP contribution in [0.1, 0.15) is 5.89 Å². The van der Waals surface area contributed by atoms with Crippen LogP contribution >= 0.6 is 0 Å². The van der Waals surface area contributed by atoms with Gasteiger partial charge in [-0.2, -0.15) is 4.98 Å². The van der Waals surface area contributed by atoms with Gasteiger partial charge in [0, 0.05) is 0 Å². The minimum atomic E-state index is -0.476. The van der Waals surface area contributed by atoms with Crippen LogP contribution < -0.4 is 15.2 Å². The maximum atomic E-state index is 13.5. The van der Waals surface area contributed by atoms with Crippen molar-refractivity contribution in [1.82, 2.24) is 10.1 Å². The van der Waals surface area contributed by atoms with Crippen molar-refractivity contribution >= 4 is 0 Å². The molecule has 1 aliphatic rings. The van der Waals surface area contributed by atoms with Gasteiger partial charge in [-0.05, 0) is 12.1 Å². The average molecular weight is 251 g/mol. The van der Waals surface area contributed by atoms with Crippen molar-refractivity contribution in [2.45, 2.75) is 6.54 Å². The Hall–Kier alpha value is -2.15. The molecule has 0 amide bonds. The van der Waals surface area contributed by atoms with E-state index in [4.69, 9.17) is 19.7 Å². The summed E-state index contributed by atoms with van der Waals surface area (Å²) in [5.41, 5.74) is 5.91. The summed E-state index contributed by atoms with van der Waals surface area (Å²) in [5, 5.41) is 3.77. The molecule has 0 aliphatic carbocycles. The summed E-state index contributed by atoms with van der Waals surface area (Å²) in [7, 11) is 0. The number of ether oxygens (including phenoxy) is 2. The molecule has 0 spiro atoms. The fourth-order valence-electron chi connectivity index (χ4n) is 1.73. The molecule has 6 nitrogen and oxygen atoms in total. The summed E-state index contributed by atoms with van der Waals surface area (Å²) in [6, 6.07) is 2.80. The van der Waals surface area contributed by atoms with Crippen molar-refractivity contribution < 1.29 is 18.4 Å². The zero-order valence-electron chi connectivity index (χ0n) is 9.35. The number of rotatable bonds is 2. The number of nitrogens with zero attached hydrogens (tertiary/aromatic N) is 2. The molecular formula is C11H10FN3O3. The second-order valence-electron chi connectivity index (χ2n) is 3.67. The highest BCUT2D eigenvalue weighted by atomic mass is 19.1. The van der Waals surface area contributed by atoms with Crippen LogP contribution in [-0.2, 0) is 6.54 Å². The largest absolute Gasteiger partial charge is 0.485 e. The summed E-state index contributed by atoms with van der Waals surface area (Å²) < 4.78 is 29.1. The summed E-state index contributed by atoms with van der Waals surface area (Å²) in [5.74, 6) is 0.511. The van der Waals surface area contributed by atoms with Gasteiger partial charge in [0.1, 0.15) is 13.2 Å². The summed E-state index contributed by atoms with van der Waals surface area (Å²) in [6.07, 6.45) is 0. The van der Waals surface area contributed by atoms with Crippen LogP contribution in [-0.4, -0.2) is 23.4 Å². The molecule has 0 bridgehead atoms. The molecule has 18 heavy (non-hydrogen) atoms. The van der Waals surface area contributed by atoms with Gasteiger partial charge in [-0.3, -0.25) is 0 Å². The number of fused-ring (bicyclic) bond motifs is 1. The summed E-state index contributed by atoms with van der Waals surface area (Å²) >= 11 is 0. The average Bonchev–Trinajstić information content (AvgIpc) is 2.88. The number of benzene rings is 1. The van der Waals surface area contributed by atoms with Gasteiger partial charge < -0.3 is 19.7 Å². The quantitative estimate of drug-likeness (QED) is 0.860. The van der Waals surface area contributed by atoms with E-state index in [1.54, 1.807) is 0 Å². The van der Waals surface area contributed by atoms with Gasteiger partial charge >= 0.3 is 0 Å². The number of nitrogens with two attached hydrogens (primary N) is 1. The summed E-state index contributed by atoms with van der Waals surface area (Å²) in [4.78, 5) is 4.08. The standard InChI is InChI=1S/C11H10FN3O3/c12-7-2-1-6(9-10(7)17-4-3-16-9)11-14-8(5-13)18-15-11/h1-2H,3-5,13H2. The maximum Gasteiger partial charge on any atom is 0.240 e. The van der Waals surface area contributed by atoms with Crippen molar-refractivity contribution in [3.05, 3.63) is 23.8 Å². The Labute approximate surface area is 101 Å². The Morgan fingerprint density at radius 1 is 1.22 bits per heavy atom. The van der Waals surface area contributed by atoms with Gasteiger partial charge in [0.15, 0.2) is 17.3 Å². The number of aromatic nitrogens is 2. The molecule has 1 aromatic heterocycles. The van der Waals surface area contributed by atoms with Crippen molar-refractivity contribution in [3.63, 3.8) is 0 Å². The molecule has 0 saturated heterocycles. The molecule has 2 heterocycles. The van der Waals surface area contributed by atoms with Crippen LogP contribution in [0.4, 0.5) is 4.39 Å². The van der Waals surface area contributed by atoms with E-state index in [1.165, 1.54) is 12.1 Å². The minimum Gasteiger partial charge on any atom is -0.485 e. The molecule has 3 rings (SSSR count). The Balaban J connectivity index is 2.11.